The van der Waals surface area contributed by atoms with Gasteiger partial charge < -0.3 is 11.1 Å². The Morgan fingerprint density at radius 3 is 2.87 bits per heavy atom. The van der Waals surface area contributed by atoms with Gasteiger partial charge in [-0.25, -0.2) is 0 Å². The van der Waals surface area contributed by atoms with Crippen LogP contribution in [0.1, 0.15) is 26.0 Å². The summed E-state index contributed by atoms with van der Waals surface area (Å²) in [7, 11) is 1.83. The minimum atomic E-state index is -0.449. The van der Waals surface area contributed by atoms with Crippen LogP contribution in [0.2, 0.25) is 0 Å². The third-order valence-electron chi connectivity index (χ3n) is 2.27. The van der Waals surface area contributed by atoms with E-state index in [2.05, 4.69) is 10.4 Å². The maximum Gasteiger partial charge on any atom is 0.241 e. The van der Waals surface area contributed by atoms with Crippen molar-refractivity contribution in [3.8, 4) is 0 Å². The number of hydrogen-bond donors (Lipinski definition) is 2. The molecular formula is C10H18N4O. The van der Waals surface area contributed by atoms with E-state index in [0.717, 1.165) is 17.8 Å². The van der Waals surface area contributed by atoms with Gasteiger partial charge in [-0.1, -0.05) is 13.8 Å². The van der Waals surface area contributed by atoms with Crippen molar-refractivity contribution in [3.05, 3.63) is 11.9 Å². The molecule has 84 valence electrons. The van der Waals surface area contributed by atoms with Crippen LogP contribution < -0.4 is 11.1 Å². The minimum absolute atomic E-state index is 0.153. The summed E-state index contributed by atoms with van der Waals surface area (Å²) in [6.45, 7) is 3.88. The van der Waals surface area contributed by atoms with Gasteiger partial charge in [-0.15, -0.1) is 0 Å². The molecule has 0 aliphatic heterocycles. The summed E-state index contributed by atoms with van der Waals surface area (Å²) in [6, 6.07) is -0.449. The Kier molecular flexibility index (Phi) is 3.85. The number of nitrogens with zero attached hydrogens (tertiary/aromatic N) is 2. The summed E-state index contributed by atoms with van der Waals surface area (Å²) >= 11 is 0. The van der Waals surface area contributed by atoms with E-state index in [-0.39, 0.29) is 5.91 Å². The summed E-state index contributed by atoms with van der Waals surface area (Å²) in [5.41, 5.74) is 7.27. The van der Waals surface area contributed by atoms with Gasteiger partial charge in [-0.3, -0.25) is 9.48 Å². The molecular weight excluding hydrogens is 192 g/mol. The number of nitrogens with two attached hydrogens (primary N) is 1. The van der Waals surface area contributed by atoms with Crippen molar-refractivity contribution in [3.63, 3.8) is 0 Å². The maximum absolute atomic E-state index is 11.5. The van der Waals surface area contributed by atoms with E-state index >= 15 is 0 Å². The number of aryl methyl sites for hydroxylation is 2. The monoisotopic (exact) mass is 210 g/mol. The van der Waals surface area contributed by atoms with Crippen molar-refractivity contribution in [1.82, 2.24) is 9.78 Å². The molecule has 5 nitrogen and oxygen atoms in total. The van der Waals surface area contributed by atoms with Gasteiger partial charge in [0.05, 0.1) is 17.4 Å². The van der Waals surface area contributed by atoms with E-state index in [9.17, 15) is 4.79 Å². The van der Waals surface area contributed by atoms with Gasteiger partial charge in [0.25, 0.3) is 0 Å². The molecule has 0 aromatic carbocycles. The standard InChI is InChI=1S/C10H18N4O/c1-4-7(11)10(15)12-9-6-14(3)13-8(9)5-2/h6-7H,4-5,11H2,1-3H3,(H,12,15). The highest BCUT2D eigenvalue weighted by Crippen LogP contribution is 2.13. The number of hydrogen-bond acceptors (Lipinski definition) is 3. The third-order valence-corrected chi connectivity index (χ3v) is 2.27. The third kappa shape index (κ3) is 2.79. The highest BCUT2D eigenvalue weighted by Gasteiger charge is 2.14. The van der Waals surface area contributed by atoms with E-state index in [1.807, 2.05) is 20.9 Å². The fraction of sp³-hybridized carbons (Fsp3) is 0.600. The number of nitrogens with one attached hydrogen (secondary N) is 1. The Hall–Kier alpha value is -1.36. The van der Waals surface area contributed by atoms with Crippen LogP contribution in [-0.4, -0.2) is 21.7 Å². The molecule has 0 aliphatic rings. The van der Waals surface area contributed by atoms with Crippen LogP contribution in [0, 0.1) is 0 Å². The van der Waals surface area contributed by atoms with Gasteiger partial charge in [-0.2, -0.15) is 5.10 Å². The fourth-order valence-electron chi connectivity index (χ4n) is 1.31. The summed E-state index contributed by atoms with van der Waals surface area (Å²) in [4.78, 5) is 11.5. The predicted octanol–water partition coefficient (Wildman–Crippen LogP) is 0.658. The predicted molar refractivity (Wildman–Crippen MR) is 59.5 cm³/mol. The van der Waals surface area contributed by atoms with Crippen molar-refractivity contribution < 1.29 is 4.79 Å². The van der Waals surface area contributed by atoms with Gasteiger partial charge in [0.1, 0.15) is 0 Å². The lowest BCUT2D eigenvalue weighted by Gasteiger charge is -2.08. The van der Waals surface area contributed by atoms with Crippen LogP contribution in [0.4, 0.5) is 5.69 Å². The smallest absolute Gasteiger partial charge is 0.241 e. The summed E-state index contributed by atoms with van der Waals surface area (Å²) in [5.74, 6) is -0.153. The molecule has 0 saturated heterocycles. The van der Waals surface area contributed by atoms with Gasteiger partial charge in [0, 0.05) is 13.2 Å². The lowest BCUT2D eigenvalue weighted by atomic mass is 10.2. The number of carbonyl (C=O) groups excluding carboxylic acids is 1. The van der Waals surface area contributed by atoms with Gasteiger partial charge >= 0.3 is 0 Å². The van der Waals surface area contributed by atoms with Crippen LogP contribution in [0.15, 0.2) is 6.20 Å². The van der Waals surface area contributed by atoms with E-state index in [1.54, 1.807) is 10.9 Å². The molecule has 1 aromatic rings. The molecule has 1 rings (SSSR count). The van der Waals surface area contributed by atoms with E-state index in [4.69, 9.17) is 5.73 Å². The quantitative estimate of drug-likeness (QED) is 0.766. The first-order valence-electron chi connectivity index (χ1n) is 5.17. The summed E-state index contributed by atoms with van der Waals surface area (Å²) in [6.07, 6.45) is 3.21. The van der Waals surface area contributed by atoms with Gasteiger partial charge in [0.15, 0.2) is 0 Å². The van der Waals surface area contributed by atoms with Crippen molar-refractivity contribution in [2.24, 2.45) is 12.8 Å². The SMILES string of the molecule is CCc1nn(C)cc1NC(=O)C(N)CC. The molecule has 0 aliphatic carbocycles. The first kappa shape index (κ1) is 11.7. The normalized spacial score (nSPS) is 12.5. The molecule has 0 saturated carbocycles. The second kappa shape index (κ2) is 4.93. The highest BCUT2D eigenvalue weighted by atomic mass is 16.2. The van der Waals surface area contributed by atoms with Crippen molar-refractivity contribution >= 4 is 11.6 Å². The number of anilines is 1. The minimum Gasteiger partial charge on any atom is -0.322 e. The Labute approximate surface area is 89.6 Å². The van der Waals surface area contributed by atoms with Crippen LogP contribution >= 0.6 is 0 Å². The Bertz CT molecular complexity index is 345. The Morgan fingerprint density at radius 2 is 2.33 bits per heavy atom. The lowest BCUT2D eigenvalue weighted by molar-refractivity contribution is -0.117. The Balaban J connectivity index is 2.75. The topological polar surface area (TPSA) is 72.9 Å². The molecule has 1 atom stereocenters. The van der Waals surface area contributed by atoms with Crippen molar-refractivity contribution in [2.45, 2.75) is 32.7 Å². The molecule has 1 amide bonds. The van der Waals surface area contributed by atoms with Crippen LogP contribution in [-0.2, 0) is 18.3 Å². The molecule has 0 radical (unpaired) electrons. The number of aromatic nitrogens is 2. The van der Waals surface area contributed by atoms with Crippen LogP contribution in [0.25, 0.3) is 0 Å². The van der Waals surface area contributed by atoms with Crippen LogP contribution in [0.3, 0.4) is 0 Å². The number of amides is 1. The molecule has 1 heterocycles. The van der Waals surface area contributed by atoms with E-state index in [1.165, 1.54) is 0 Å². The van der Waals surface area contributed by atoms with Gasteiger partial charge in [0.2, 0.25) is 5.91 Å². The second-order valence-electron chi connectivity index (χ2n) is 3.52. The molecule has 5 heteroatoms. The first-order chi connectivity index (χ1) is 7.08. The molecule has 0 spiro atoms. The zero-order valence-electron chi connectivity index (χ0n) is 9.45. The molecule has 1 aromatic heterocycles. The number of rotatable bonds is 4. The molecule has 0 bridgehead atoms. The first-order valence-corrected chi connectivity index (χ1v) is 5.17. The largest absolute Gasteiger partial charge is 0.322 e. The van der Waals surface area contributed by atoms with Gasteiger partial charge in [-0.05, 0) is 12.8 Å². The zero-order valence-corrected chi connectivity index (χ0v) is 9.45. The highest BCUT2D eigenvalue weighted by molar-refractivity contribution is 5.94. The zero-order chi connectivity index (χ0) is 11.4. The molecule has 3 N–H and O–H groups in total. The maximum atomic E-state index is 11.5. The summed E-state index contributed by atoms with van der Waals surface area (Å²) in [5, 5.41) is 7.01. The second-order valence-corrected chi connectivity index (χ2v) is 3.52. The van der Waals surface area contributed by atoms with Crippen molar-refractivity contribution in [1.29, 1.82) is 0 Å². The average molecular weight is 210 g/mol. The van der Waals surface area contributed by atoms with Crippen molar-refractivity contribution in [2.75, 3.05) is 5.32 Å². The van der Waals surface area contributed by atoms with E-state index in [0.29, 0.717) is 6.42 Å². The van der Waals surface area contributed by atoms with Crippen LogP contribution in [0.5, 0.6) is 0 Å². The molecule has 1 unspecified atom stereocenters. The fourth-order valence-corrected chi connectivity index (χ4v) is 1.31. The van der Waals surface area contributed by atoms with E-state index < -0.39 is 6.04 Å². The molecule has 15 heavy (non-hydrogen) atoms. The lowest BCUT2D eigenvalue weighted by Crippen LogP contribution is -2.34. The molecule has 0 fully saturated rings. The number of carbonyl (C=O) groups is 1. The average Bonchev–Trinajstić information content (AvgIpc) is 2.57. The summed E-state index contributed by atoms with van der Waals surface area (Å²) < 4.78 is 1.69. The Morgan fingerprint density at radius 1 is 1.67 bits per heavy atom.